The maximum Gasteiger partial charge on any atom is 0.252 e. The summed E-state index contributed by atoms with van der Waals surface area (Å²) in [6.45, 7) is 0. The van der Waals surface area contributed by atoms with Gasteiger partial charge in [-0.25, -0.2) is 0 Å². The van der Waals surface area contributed by atoms with Crippen LogP contribution in [0.25, 0.3) is 10.8 Å². The van der Waals surface area contributed by atoms with E-state index in [2.05, 4.69) is 0 Å². The van der Waals surface area contributed by atoms with E-state index in [1.165, 1.54) is 14.2 Å². The van der Waals surface area contributed by atoms with Crippen molar-refractivity contribution in [2.75, 3.05) is 21.3 Å². The number of hydrogen-bond acceptors (Lipinski definition) is 4. The van der Waals surface area contributed by atoms with E-state index in [1.54, 1.807) is 13.2 Å². The second-order valence-electron chi connectivity index (χ2n) is 3.91. The number of primary amides is 1. The molecule has 5 heteroatoms. The zero-order chi connectivity index (χ0) is 14.0. The Bertz CT molecular complexity index is 637. The summed E-state index contributed by atoms with van der Waals surface area (Å²) in [6.07, 6.45) is 0. The van der Waals surface area contributed by atoms with Crippen LogP contribution in [0.1, 0.15) is 10.4 Å². The van der Waals surface area contributed by atoms with E-state index in [-0.39, 0.29) is 5.56 Å². The summed E-state index contributed by atoms with van der Waals surface area (Å²) in [4.78, 5) is 11.5. The molecule has 1 amide bonds. The highest BCUT2D eigenvalue weighted by atomic mass is 16.5. The number of amides is 1. The van der Waals surface area contributed by atoms with Gasteiger partial charge in [0.15, 0.2) is 0 Å². The molecule has 0 atom stereocenters. The molecule has 0 spiro atoms. The van der Waals surface area contributed by atoms with Gasteiger partial charge in [0.25, 0.3) is 5.91 Å². The third kappa shape index (κ3) is 2.03. The molecule has 0 radical (unpaired) electrons. The van der Waals surface area contributed by atoms with Crippen molar-refractivity contribution < 1.29 is 19.0 Å². The predicted octanol–water partition coefficient (Wildman–Crippen LogP) is 1.96. The molecule has 0 heterocycles. The van der Waals surface area contributed by atoms with Gasteiger partial charge < -0.3 is 19.9 Å². The van der Waals surface area contributed by atoms with Gasteiger partial charge in [-0.15, -0.1) is 0 Å². The average molecular weight is 261 g/mol. The largest absolute Gasteiger partial charge is 0.496 e. The van der Waals surface area contributed by atoms with Crippen LogP contribution in [-0.2, 0) is 0 Å². The van der Waals surface area contributed by atoms with E-state index in [0.717, 1.165) is 10.8 Å². The first-order valence-electron chi connectivity index (χ1n) is 5.65. The zero-order valence-electron chi connectivity index (χ0n) is 11.0. The number of carbonyl (C=O) groups excluding carboxylic acids is 1. The highest BCUT2D eigenvalue weighted by Gasteiger charge is 2.19. The number of hydrogen-bond donors (Lipinski definition) is 1. The summed E-state index contributed by atoms with van der Waals surface area (Å²) in [5, 5.41) is 1.46. The Kier molecular flexibility index (Phi) is 3.46. The van der Waals surface area contributed by atoms with Crippen molar-refractivity contribution >= 4 is 16.7 Å². The van der Waals surface area contributed by atoms with E-state index in [1.807, 2.05) is 18.2 Å². The lowest BCUT2D eigenvalue weighted by Crippen LogP contribution is -2.13. The van der Waals surface area contributed by atoms with Crippen molar-refractivity contribution in [2.24, 2.45) is 5.73 Å². The number of benzene rings is 2. The van der Waals surface area contributed by atoms with Gasteiger partial charge in [-0.2, -0.15) is 0 Å². The minimum absolute atomic E-state index is 0.278. The molecule has 0 unspecified atom stereocenters. The van der Waals surface area contributed by atoms with Crippen LogP contribution in [0.15, 0.2) is 24.3 Å². The summed E-state index contributed by atoms with van der Waals surface area (Å²) < 4.78 is 15.9. The van der Waals surface area contributed by atoms with Gasteiger partial charge in [-0.1, -0.05) is 12.1 Å². The Morgan fingerprint density at radius 2 is 1.74 bits per heavy atom. The van der Waals surface area contributed by atoms with Crippen LogP contribution < -0.4 is 19.9 Å². The molecule has 19 heavy (non-hydrogen) atoms. The summed E-state index contributed by atoms with van der Waals surface area (Å²) in [5.74, 6) is 1.01. The van der Waals surface area contributed by atoms with Crippen LogP contribution in [0.5, 0.6) is 17.2 Å². The summed E-state index contributed by atoms with van der Waals surface area (Å²) in [7, 11) is 4.59. The van der Waals surface area contributed by atoms with Crippen molar-refractivity contribution in [3.63, 3.8) is 0 Å². The molecule has 0 bridgehead atoms. The Labute approximate surface area is 110 Å². The van der Waals surface area contributed by atoms with Crippen LogP contribution in [0.2, 0.25) is 0 Å². The van der Waals surface area contributed by atoms with Crippen molar-refractivity contribution in [1.29, 1.82) is 0 Å². The molecule has 2 N–H and O–H groups in total. The fourth-order valence-corrected chi connectivity index (χ4v) is 2.12. The molecule has 100 valence electrons. The number of methoxy groups -OCH3 is 3. The fourth-order valence-electron chi connectivity index (χ4n) is 2.12. The molecule has 0 aromatic heterocycles. The Morgan fingerprint density at radius 3 is 2.26 bits per heavy atom. The number of carbonyl (C=O) groups is 1. The third-order valence-electron chi connectivity index (χ3n) is 2.95. The van der Waals surface area contributed by atoms with Crippen LogP contribution >= 0.6 is 0 Å². The Morgan fingerprint density at radius 1 is 1.05 bits per heavy atom. The van der Waals surface area contributed by atoms with E-state index < -0.39 is 5.91 Å². The lowest BCUT2D eigenvalue weighted by molar-refractivity contribution is 0.0997. The first kappa shape index (κ1) is 13.0. The monoisotopic (exact) mass is 261 g/mol. The van der Waals surface area contributed by atoms with Crippen molar-refractivity contribution in [2.45, 2.75) is 0 Å². The second-order valence-corrected chi connectivity index (χ2v) is 3.91. The summed E-state index contributed by atoms with van der Waals surface area (Å²) >= 11 is 0. The molecule has 0 saturated carbocycles. The van der Waals surface area contributed by atoms with Crippen LogP contribution in [0.4, 0.5) is 0 Å². The molecular formula is C14H15NO4. The Hall–Kier alpha value is -2.43. The summed E-state index contributed by atoms with van der Waals surface area (Å²) in [5.41, 5.74) is 5.65. The number of fused-ring (bicyclic) bond motifs is 1. The molecule has 2 aromatic rings. The van der Waals surface area contributed by atoms with Gasteiger partial charge in [0.05, 0.1) is 32.3 Å². The van der Waals surface area contributed by atoms with Crippen LogP contribution in [0, 0.1) is 0 Å². The highest BCUT2D eigenvalue weighted by molar-refractivity contribution is 6.07. The molecule has 0 saturated heterocycles. The molecule has 0 fully saturated rings. The maximum atomic E-state index is 11.5. The quantitative estimate of drug-likeness (QED) is 0.913. The number of rotatable bonds is 4. The lowest BCUT2D eigenvalue weighted by atomic mass is 10.0. The van der Waals surface area contributed by atoms with Crippen molar-refractivity contribution in [3.8, 4) is 17.2 Å². The minimum atomic E-state index is -0.570. The molecule has 2 rings (SSSR count). The highest BCUT2D eigenvalue weighted by Crippen LogP contribution is 2.41. The van der Waals surface area contributed by atoms with Gasteiger partial charge in [-0.3, -0.25) is 4.79 Å². The van der Waals surface area contributed by atoms with E-state index in [4.69, 9.17) is 19.9 Å². The first-order chi connectivity index (χ1) is 9.13. The zero-order valence-corrected chi connectivity index (χ0v) is 11.0. The van der Waals surface area contributed by atoms with Crippen molar-refractivity contribution in [1.82, 2.24) is 0 Å². The van der Waals surface area contributed by atoms with Gasteiger partial charge in [0.2, 0.25) is 0 Å². The standard InChI is InChI=1S/C14H15NO4/c1-17-10-6-4-5-8-12(10)11(18-2)7-9(14(15)16)13(8)19-3/h4-7H,1-3H3,(H2,15,16). The van der Waals surface area contributed by atoms with Gasteiger partial charge in [-0.05, 0) is 12.1 Å². The van der Waals surface area contributed by atoms with Gasteiger partial charge >= 0.3 is 0 Å². The smallest absolute Gasteiger partial charge is 0.252 e. The molecule has 0 aliphatic rings. The van der Waals surface area contributed by atoms with E-state index in [0.29, 0.717) is 17.2 Å². The molecule has 0 aliphatic heterocycles. The third-order valence-corrected chi connectivity index (χ3v) is 2.95. The van der Waals surface area contributed by atoms with Crippen LogP contribution in [-0.4, -0.2) is 27.2 Å². The minimum Gasteiger partial charge on any atom is -0.496 e. The number of ether oxygens (including phenoxy) is 3. The average Bonchev–Trinajstić information content (AvgIpc) is 2.44. The molecular weight excluding hydrogens is 246 g/mol. The van der Waals surface area contributed by atoms with E-state index >= 15 is 0 Å². The summed E-state index contributed by atoms with van der Waals surface area (Å²) in [6, 6.07) is 7.01. The maximum absolute atomic E-state index is 11.5. The Balaban J connectivity index is 2.95. The normalized spacial score (nSPS) is 10.3. The van der Waals surface area contributed by atoms with Crippen LogP contribution in [0.3, 0.4) is 0 Å². The lowest BCUT2D eigenvalue weighted by Gasteiger charge is -2.15. The number of nitrogens with two attached hydrogens (primary N) is 1. The fraction of sp³-hybridized carbons (Fsp3) is 0.214. The van der Waals surface area contributed by atoms with Gasteiger partial charge in [0, 0.05) is 5.39 Å². The SMILES string of the molecule is COc1c(C(N)=O)cc(OC)c2c(OC)cccc12. The molecule has 5 nitrogen and oxygen atoms in total. The first-order valence-corrected chi connectivity index (χ1v) is 5.65. The van der Waals surface area contributed by atoms with Gasteiger partial charge in [0.1, 0.15) is 17.2 Å². The molecule has 2 aromatic carbocycles. The predicted molar refractivity (Wildman–Crippen MR) is 72.1 cm³/mol. The topological polar surface area (TPSA) is 70.8 Å². The molecule has 0 aliphatic carbocycles. The second kappa shape index (κ2) is 5.06. The van der Waals surface area contributed by atoms with E-state index in [9.17, 15) is 4.79 Å². The van der Waals surface area contributed by atoms with Crippen molar-refractivity contribution in [3.05, 3.63) is 29.8 Å².